The molecule has 0 aromatic heterocycles. The summed E-state index contributed by atoms with van der Waals surface area (Å²) < 4.78 is 45.6. The standard InChI is InChI=1S/C50H102O5S2/c1-7-11-15-19-23-25-27-31-35-45-56(51)49(39-33-29-21-17-13-9-3)47(5)54-43-37-41-53-42-38-44-55-48(6)50(40-34-30-22-18-14-10-4)57(52)46-36-32-28-26-24-20-16-12-8-2/h47-50H,7-46H2,1-6H3. The molecule has 0 bridgehead atoms. The summed E-state index contributed by atoms with van der Waals surface area (Å²) in [4.78, 5) is 0. The Balaban J connectivity index is 4.52. The molecule has 0 rings (SSSR count). The van der Waals surface area contributed by atoms with E-state index in [1.807, 2.05) is 0 Å². The van der Waals surface area contributed by atoms with Crippen LogP contribution < -0.4 is 0 Å². The van der Waals surface area contributed by atoms with Crippen LogP contribution in [0.3, 0.4) is 0 Å². The molecule has 0 radical (unpaired) electrons. The SMILES string of the molecule is CCCCCCCCCCCS(=O)C(CCCCCCCC)C(C)OCCCOCCCOC(C)C(CCCCCCCC)S(=O)CCCCCCCCCCC. The van der Waals surface area contributed by atoms with Crippen LogP contribution >= 0.6 is 0 Å². The minimum absolute atomic E-state index is 0.0186. The second-order valence-electron chi connectivity index (χ2n) is 17.5. The van der Waals surface area contributed by atoms with E-state index in [0.717, 1.165) is 62.9 Å². The number of hydrogen-bond donors (Lipinski definition) is 0. The second kappa shape index (κ2) is 45.7. The van der Waals surface area contributed by atoms with Gasteiger partial charge in [-0.2, -0.15) is 0 Å². The Morgan fingerprint density at radius 1 is 0.333 bits per heavy atom. The molecule has 6 unspecified atom stereocenters. The maximum atomic E-state index is 13.5. The Morgan fingerprint density at radius 3 is 0.895 bits per heavy atom. The third-order valence-electron chi connectivity index (χ3n) is 11.9. The molecule has 0 aromatic rings. The molecule has 5 nitrogen and oxygen atoms in total. The molecule has 0 saturated carbocycles. The van der Waals surface area contributed by atoms with Gasteiger partial charge in [0.05, 0.1) is 22.7 Å². The lowest BCUT2D eigenvalue weighted by molar-refractivity contribution is 0.0245. The lowest BCUT2D eigenvalue weighted by Gasteiger charge is -2.24. The van der Waals surface area contributed by atoms with Crippen molar-refractivity contribution in [2.75, 3.05) is 37.9 Å². The molecule has 0 spiro atoms. The van der Waals surface area contributed by atoms with Gasteiger partial charge < -0.3 is 14.2 Å². The van der Waals surface area contributed by atoms with Crippen LogP contribution in [0.25, 0.3) is 0 Å². The van der Waals surface area contributed by atoms with Crippen LogP contribution in [0, 0.1) is 0 Å². The fraction of sp³-hybridized carbons (Fsp3) is 1.00. The van der Waals surface area contributed by atoms with Crippen molar-refractivity contribution in [1.29, 1.82) is 0 Å². The molecule has 57 heavy (non-hydrogen) atoms. The molecule has 0 aromatic carbocycles. The van der Waals surface area contributed by atoms with Gasteiger partial charge >= 0.3 is 0 Å². The van der Waals surface area contributed by atoms with E-state index in [1.54, 1.807) is 0 Å². The molecule has 0 fully saturated rings. The largest absolute Gasteiger partial charge is 0.381 e. The zero-order valence-corrected chi connectivity index (χ0v) is 41.1. The molecule has 0 N–H and O–H groups in total. The van der Waals surface area contributed by atoms with E-state index in [2.05, 4.69) is 41.5 Å². The highest BCUT2D eigenvalue weighted by molar-refractivity contribution is 7.85. The summed E-state index contributed by atoms with van der Waals surface area (Å²) in [6, 6.07) is 0. The van der Waals surface area contributed by atoms with Gasteiger partial charge in [0.15, 0.2) is 0 Å². The Kier molecular flexibility index (Phi) is 45.8. The van der Waals surface area contributed by atoms with E-state index in [0.29, 0.717) is 26.4 Å². The second-order valence-corrected chi connectivity index (χ2v) is 21.0. The smallest absolute Gasteiger partial charge is 0.0690 e. The molecule has 344 valence electrons. The zero-order valence-electron chi connectivity index (χ0n) is 39.5. The van der Waals surface area contributed by atoms with Gasteiger partial charge in [0.1, 0.15) is 0 Å². The highest BCUT2D eigenvalue weighted by Crippen LogP contribution is 2.21. The number of unbranched alkanes of at least 4 members (excludes halogenated alkanes) is 26. The van der Waals surface area contributed by atoms with E-state index in [1.165, 1.54) is 167 Å². The van der Waals surface area contributed by atoms with E-state index in [9.17, 15) is 8.42 Å². The summed E-state index contributed by atoms with van der Waals surface area (Å²) in [6.45, 7) is 16.0. The predicted molar refractivity (Wildman–Crippen MR) is 255 cm³/mol. The average Bonchev–Trinajstić information content (AvgIpc) is 3.21. The Morgan fingerprint density at radius 2 is 0.596 bits per heavy atom. The minimum atomic E-state index is -0.830. The van der Waals surface area contributed by atoms with Crippen LogP contribution in [0.2, 0.25) is 0 Å². The van der Waals surface area contributed by atoms with Gasteiger partial charge in [-0.05, 0) is 52.4 Å². The first kappa shape index (κ1) is 57.2. The fourth-order valence-corrected chi connectivity index (χ4v) is 11.5. The van der Waals surface area contributed by atoms with Gasteiger partial charge in [-0.25, -0.2) is 0 Å². The number of hydrogen-bond acceptors (Lipinski definition) is 5. The van der Waals surface area contributed by atoms with Crippen molar-refractivity contribution in [2.45, 2.75) is 283 Å². The molecule has 0 saturated heterocycles. The van der Waals surface area contributed by atoms with Crippen LogP contribution in [0.5, 0.6) is 0 Å². The summed E-state index contributed by atoms with van der Waals surface area (Å²) in [6.07, 6.45) is 42.3. The average molecular weight is 847 g/mol. The van der Waals surface area contributed by atoms with Crippen molar-refractivity contribution in [3.8, 4) is 0 Å². The molecule has 0 aliphatic carbocycles. The highest BCUT2D eigenvalue weighted by atomic mass is 32.2. The zero-order chi connectivity index (χ0) is 41.9. The van der Waals surface area contributed by atoms with Crippen LogP contribution in [0.4, 0.5) is 0 Å². The van der Waals surface area contributed by atoms with Gasteiger partial charge in [-0.15, -0.1) is 0 Å². The highest BCUT2D eigenvalue weighted by Gasteiger charge is 2.25. The molecular weight excluding hydrogens is 745 g/mol. The topological polar surface area (TPSA) is 61.8 Å². The molecule has 0 aliphatic rings. The van der Waals surface area contributed by atoms with Crippen molar-refractivity contribution >= 4 is 21.6 Å². The molecule has 6 atom stereocenters. The number of ether oxygens (including phenoxy) is 3. The maximum Gasteiger partial charge on any atom is 0.0690 e. The molecule has 0 heterocycles. The Hall–Kier alpha value is 0.180. The van der Waals surface area contributed by atoms with Crippen molar-refractivity contribution in [3.05, 3.63) is 0 Å². The van der Waals surface area contributed by atoms with Crippen molar-refractivity contribution in [3.63, 3.8) is 0 Å². The summed E-state index contributed by atoms with van der Waals surface area (Å²) in [5.41, 5.74) is 0. The predicted octanol–water partition coefficient (Wildman–Crippen LogP) is 15.4. The Bertz CT molecular complexity index is 776. The van der Waals surface area contributed by atoms with E-state index in [-0.39, 0.29) is 22.7 Å². The first-order chi connectivity index (χ1) is 27.9. The molecule has 0 amide bonds. The molecule has 7 heteroatoms. The molecular formula is C50H102O5S2. The van der Waals surface area contributed by atoms with Crippen LogP contribution in [-0.4, -0.2) is 69.1 Å². The maximum absolute atomic E-state index is 13.5. The summed E-state index contributed by atoms with van der Waals surface area (Å²) in [5, 5.41) is 0.268. The van der Waals surface area contributed by atoms with Gasteiger partial charge in [-0.1, -0.05) is 207 Å². The summed E-state index contributed by atoms with van der Waals surface area (Å²) >= 11 is 0. The monoisotopic (exact) mass is 847 g/mol. The van der Waals surface area contributed by atoms with Crippen molar-refractivity contribution in [1.82, 2.24) is 0 Å². The van der Waals surface area contributed by atoms with Crippen molar-refractivity contribution in [2.24, 2.45) is 0 Å². The van der Waals surface area contributed by atoms with Gasteiger partial charge in [0.25, 0.3) is 0 Å². The lowest BCUT2D eigenvalue weighted by atomic mass is 10.1. The van der Waals surface area contributed by atoms with Crippen LogP contribution in [0.1, 0.15) is 260 Å². The fourth-order valence-electron chi connectivity index (χ4n) is 8.00. The summed E-state index contributed by atoms with van der Waals surface area (Å²) in [7, 11) is -1.66. The van der Waals surface area contributed by atoms with E-state index < -0.39 is 21.6 Å². The molecule has 0 aliphatic heterocycles. The quantitative estimate of drug-likeness (QED) is 0.0571. The first-order valence-electron chi connectivity index (χ1n) is 25.5. The minimum Gasteiger partial charge on any atom is -0.381 e. The van der Waals surface area contributed by atoms with Gasteiger partial charge in [0.2, 0.25) is 0 Å². The summed E-state index contributed by atoms with van der Waals surface area (Å²) in [5.74, 6) is 1.64. The van der Waals surface area contributed by atoms with E-state index >= 15 is 0 Å². The Labute approximate surface area is 363 Å². The first-order valence-corrected chi connectivity index (χ1v) is 28.2. The number of rotatable bonds is 48. The van der Waals surface area contributed by atoms with Crippen LogP contribution in [0.15, 0.2) is 0 Å². The van der Waals surface area contributed by atoms with Crippen molar-refractivity contribution < 1.29 is 22.6 Å². The third-order valence-corrected chi connectivity index (χ3v) is 15.9. The third kappa shape index (κ3) is 37.7. The normalized spacial score (nSPS) is 15.1. The van der Waals surface area contributed by atoms with E-state index in [4.69, 9.17) is 14.2 Å². The van der Waals surface area contributed by atoms with Gasteiger partial charge in [-0.3, -0.25) is 8.42 Å². The van der Waals surface area contributed by atoms with Crippen LogP contribution in [-0.2, 0) is 35.8 Å². The lowest BCUT2D eigenvalue weighted by Crippen LogP contribution is -2.32. The van der Waals surface area contributed by atoms with Gasteiger partial charge in [0, 0.05) is 59.5 Å².